The van der Waals surface area contributed by atoms with E-state index in [1.165, 1.54) is 25.7 Å². The minimum Gasteiger partial charge on any atom is -0.263 e. The number of rotatable bonds is 6. The number of aromatic amines is 1. The van der Waals surface area contributed by atoms with E-state index < -0.39 is 0 Å². The Hall–Kier alpha value is 0.01000. The second-order valence-electron chi connectivity index (χ2n) is 4.02. The molecule has 16 heavy (non-hydrogen) atoms. The van der Waals surface area contributed by atoms with Crippen molar-refractivity contribution in [3.05, 3.63) is 19.7 Å². The fraction of sp³-hybridized carbons (Fsp3) is 0.727. The number of aromatic nitrogens is 1. The van der Waals surface area contributed by atoms with E-state index in [4.69, 9.17) is 23.2 Å². The van der Waals surface area contributed by atoms with Gasteiger partial charge >= 0.3 is 5.56 Å². The summed E-state index contributed by atoms with van der Waals surface area (Å²) >= 11 is 11.8. The second kappa shape index (κ2) is 6.67. The van der Waals surface area contributed by atoms with Gasteiger partial charge in [-0.15, -0.1) is 4.37 Å². The van der Waals surface area contributed by atoms with Crippen LogP contribution in [0.3, 0.4) is 0 Å². The van der Waals surface area contributed by atoms with Crippen LogP contribution in [-0.2, 0) is 0 Å². The van der Waals surface area contributed by atoms with Crippen LogP contribution in [0.4, 0.5) is 0 Å². The lowest BCUT2D eigenvalue weighted by Crippen LogP contribution is -1.97. The van der Waals surface area contributed by atoms with E-state index >= 15 is 0 Å². The molecule has 5 heteroatoms. The first-order chi connectivity index (χ1) is 7.57. The molecule has 2 nitrogen and oxygen atoms in total. The Morgan fingerprint density at radius 1 is 1.31 bits per heavy atom. The Bertz CT molecular complexity index is 386. The van der Waals surface area contributed by atoms with Gasteiger partial charge in [0.2, 0.25) is 0 Å². The van der Waals surface area contributed by atoms with Gasteiger partial charge in [0, 0.05) is 6.42 Å². The van der Waals surface area contributed by atoms with Crippen molar-refractivity contribution in [3.8, 4) is 0 Å². The lowest BCUT2D eigenvalue weighted by atomic mass is 10.1. The molecule has 0 radical (unpaired) electrons. The zero-order valence-corrected chi connectivity index (χ0v) is 12.0. The summed E-state index contributed by atoms with van der Waals surface area (Å²) in [6.07, 6.45) is 6.04. The normalized spacial score (nSPS) is 14.1. The highest BCUT2D eigenvalue weighted by Crippen LogP contribution is 2.41. The molecule has 2 atom stereocenters. The molecule has 0 aliphatic rings. The van der Waals surface area contributed by atoms with Crippen LogP contribution in [0, 0.1) is 0 Å². The Morgan fingerprint density at radius 2 is 2.00 bits per heavy atom. The van der Waals surface area contributed by atoms with Crippen LogP contribution in [0.5, 0.6) is 0 Å². The highest BCUT2D eigenvalue weighted by molar-refractivity contribution is 7.30. The minimum atomic E-state index is -0.369. The van der Waals surface area contributed by atoms with Gasteiger partial charge in [-0.3, -0.25) is 4.79 Å². The van der Waals surface area contributed by atoms with E-state index in [0.29, 0.717) is 9.59 Å². The molecule has 0 spiro atoms. The number of H-pyrrole nitrogens is 1. The predicted molar refractivity (Wildman–Crippen MR) is 73.0 cm³/mol. The Kier molecular flexibility index (Phi) is 5.87. The van der Waals surface area contributed by atoms with Crippen LogP contribution in [0.2, 0.25) is 9.36 Å². The Morgan fingerprint density at radius 3 is 2.50 bits per heavy atom. The van der Waals surface area contributed by atoms with Crippen molar-refractivity contribution >= 4 is 33.9 Å². The molecule has 0 bridgehead atoms. The van der Waals surface area contributed by atoms with Crippen molar-refractivity contribution in [1.29, 1.82) is 0 Å². The Labute approximate surface area is 109 Å². The van der Waals surface area contributed by atoms with Crippen LogP contribution in [0.15, 0.2) is 4.79 Å². The molecule has 0 aliphatic carbocycles. The second-order valence-corrected chi connectivity index (χ2v) is 7.09. The van der Waals surface area contributed by atoms with E-state index in [2.05, 4.69) is 18.2 Å². The maximum Gasteiger partial charge on any atom is 0.313 e. The van der Waals surface area contributed by atoms with Gasteiger partial charge < -0.3 is 0 Å². The summed E-state index contributed by atoms with van der Waals surface area (Å²) in [6.45, 7) is 4.31. The molecule has 0 saturated heterocycles. The maximum absolute atomic E-state index is 11.3. The van der Waals surface area contributed by atoms with Crippen LogP contribution in [-0.4, -0.2) is 4.37 Å². The molecule has 1 rings (SSSR count). The fourth-order valence-electron chi connectivity index (χ4n) is 1.63. The fourth-order valence-corrected chi connectivity index (χ4v) is 4.27. The molecule has 92 valence electrons. The maximum atomic E-state index is 11.3. The average Bonchev–Trinajstić information content (AvgIpc) is 2.52. The van der Waals surface area contributed by atoms with Gasteiger partial charge in [0.1, 0.15) is 0 Å². The smallest absolute Gasteiger partial charge is 0.263 e. The first-order valence-corrected chi connectivity index (χ1v) is 7.71. The third-order valence-corrected chi connectivity index (χ3v) is 5.93. The van der Waals surface area contributed by atoms with Gasteiger partial charge in [-0.2, -0.15) is 0 Å². The molecule has 0 saturated carbocycles. The summed E-state index contributed by atoms with van der Waals surface area (Å²) < 4.78 is 3.35. The highest BCUT2D eigenvalue weighted by atomic mass is 35.5. The minimum absolute atomic E-state index is 0.172. The quantitative estimate of drug-likeness (QED) is 0.580. The molecule has 0 amide bonds. The third kappa shape index (κ3) is 3.51. The highest BCUT2D eigenvalue weighted by Gasteiger charge is 2.26. The van der Waals surface area contributed by atoms with Crippen LogP contribution in [0.1, 0.15) is 51.2 Å². The number of hydrogen-bond acceptors (Lipinski definition) is 1. The van der Waals surface area contributed by atoms with Crippen molar-refractivity contribution in [2.75, 3.05) is 0 Å². The third-order valence-electron chi connectivity index (χ3n) is 2.63. The topological polar surface area (TPSA) is 32.9 Å². The molecule has 0 aliphatic heterocycles. The summed E-state index contributed by atoms with van der Waals surface area (Å²) in [5.74, 6) is 0. The van der Waals surface area contributed by atoms with Crippen LogP contribution >= 0.6 is 33.9 Å². The molecule has 1 aromatic rings. The summed E-state index contributed by atoms with van der Waals surface area (Å²) in [5, 5.41) is 0.551. The lowest BCUT2D eigenvalue weighted by Gasteiger charge is -2.02. The van der Waals surface area contributed by atoms with Gasteiger partial charge in [0.25, 0.3) is 4.34 Å². The van der Waals surface area contributed by atoms with Gasteiger partial charge in [-0.05, 0) is 24.9 Å². The number of unbranched alkanes of at least 4 members (excludes halogenated alkanes) is 3. The van der Waals surface area contributed by atoms with Gasteiger partial charge in [0.15, 0.2) is 10.3 Å². The standard InChI is InChI=1S/C11H17Cl2NOS/c1-3-4-5-6-7-8(2)16-10(13)9(12)11(15)14-16/h8H,3-7H2,1-2H3/p+1. The van der Waals surface area contributed by atoms with E-state index in [0.717, 1.165) is 6.42 Å². The molecule has 1 heterocycles. The van der Waals surface area contributed by atoms with Gasteiger partial charge in [0.05, 0.1) is 10.7 Å². The predicted octanol–water partition coefficient (Wildman–Crippen LogP) is 4.96. The summed E-state index contributed by atoms with van der Waals surface area (Å²) in [5.41, 5.74) is -0.226. The summed E-state index contributed by atoms with van der Waals surface area (Å²) in [7, 11) is -0.369. The molecular weight excluding hydrogens is 265 g/mol. The van der Waals surface area contributed by atoms with E-state index in [-0.39, 0.29) is 21.2 Å². The number of halogens is 2. The van der Waals surface area contributed by atoms with Gasteiger partial charge in [-0.25, -0.2) is 0 Å². The first-order valence-electron chi connectivity index (χ1n) is 5.67. The van der Waals surface area contributed by atoms with Gasteiger partial charge in [-0.1, -0.05) is 37.8 Å². The van der Waals surface area contributed by atoms with Crippen molar-refractivity contribution < 1.29 is 0 Å². The van der Waals surface area contributed by atoms with E-state index in [9.17, 15) is 4.79 Å². The lowest BCUT2D eigenvalue weighted by molar-refractivity contribution is 0.613. The van der Waals surface area contributed by atoms with Crippen LogP contribution in [0.25, 0.3) is 0 Å². The number of hydrogen-bond donors (Lipinski definition) is 1. The Balaban J connectivity index is 2.56. The van der Waals surface area contributed by atoms with E-state index in [1.54, 1.807) is 0 Å². The number of nitrogens with one attached hydrogen (secondary N) is 1. The average molecular weight is 283 g/mol. The molecule has 0 aromatic carbocycles. The van der Waals surface area contributed by atoms with Crippen molar-refractivity contribution in [2.45, 2.75) is 51.2 Å². The molecular formula is C11H18Cl2NOS+. The summed E-state index contributed by atoms with van der Waals surface area (Å²) in [4.78, 5) is 11.3. The van der Waals surface area contributed by atoms with E-state index in [1.807, 2.05) is 0 Å². The molecule has 1 N–H and O–H groups in total. The van der Waals surface area contributed by atoms with Crippen LogP contribution < -0.4 is 5.56 Å². The zero-order chi connectivity index (χ0) is 12.1. The van der Waals surface area contributed by atoms with Crippen molar-refractivity contribution in [1.82, 2.24) is 4.37 Å². The summed E-state index contributed by atoms with van der Waals surface area (Å²) in [6, 6.07) is 0. The monoisotopic (exact) mass is 282 g/mol. The molecule has 0 fully saturated rings. The van der Waals surface area contributed by atoms with Crippen molar-refractivity contribution in [2.24, 2.45) is 0 Å². The zero-order valence-electron chi connectivity index (χ0n) is 9.69. The molecule has 1 aromatic heterocycles. The largest absolute Gasteiger partial charge is 0.313 e. The first kappa shape index (κ1) is 14.1. The van der Waals surface area contributed by atoms with Crippen molar-refractivity contribution in [3.63, 3.8) is 0 Å². The SMILES string of the molecule is CCCCCCC(C)[s+]1[nH]c(=O)c(Cl)c1Cl. The molecule has 2 unspecified atom stereocenters.